The quantitative estimate of drug-likeness (QED) is 0.664. The van der Waals surface area contributed by atoms with Gasteiger partial charge in [-0.1, -0.05) is 36.4 Å². The molecule has 0 bridgehead atoms. The minimum Gasteiger partial charge on any atom is -0.484 e. The predicted octanol–water partition coefficient (Wildman–Crippen LogP) is 4.57. The van der Waals surface area contributed by atoms with Crippen LogP contribution < -0.4 is 15.4 Å². The monoisotopic (exact) mass is 374 g/mol. The van der Waals surface area contributed by atoms with Crippen LogP contribution in [0.5, 0.6) is 5.75 Å². The molecule has 3 aromatic rings. The molecule has 3 rings (SSSR count). The van der Waals surface area contributed by atoms with Gasteiger partial charge >= 0.3 is 0 Å². The van der Waals surface area contributed by atoms with Gasteiger partial charge in [0.25, 0.3) is 11.8 Å². The summed E-state index contributed by atoms with van der Waals surface area (Å²) in [5.74, 6) is 0.00345. The molecular formula is C23H22N2O3. The highest BCUT2D eigenvalue weighted by Gasteiger charge is 2.13. The standard InChI is InChI=1S/C23H22N2O3/c1-16-12-13-19(14-17(16)2)28-15-22(26)25-21-11-7-6-10-20(21)23(27)24-18-8-4-3-5-9-18/h3-14H,15H2,1-2H3,(H,24,27)(H,25,26). The van der Waals surface area contributed by atoms with E-state index < -0.39 is 0 Å². The van der Waals surface area contributed by atoms with Gasteiger partial charge in [-0.25, -0.2) is 0 Å². The topological polar surface area (TPSA) is 67.4 Å². The fourth-order valence-electron chi connectivity index (χ4n) is 2.65. The molecule has 0 aliphatic rings. The second-order valence-electron chi connectivity index (χ2n) is 6.45. The summed E-state index contributed by atoms with van der Waals surface area (Å²) in [7, 11) is 0. The molecule has 0 saturated carbocycles. The second-order valence-corrected chi connectivity index (χ2v) is 6.45. The molecule has 3 aromatic carbocycles. The molecule has 5 heteroatoms. The predicted molar refractivity (Wildman–Crippen MR) is 111 cm³/mol. The SMILES string of the molecule is Cc1ccc(OCC(=O)Nc2ccccc2C(=O)Nc2ccccc2)cc1C. The van der Waals surface area contributed by atoms with Crippen molar-refractivity contribution in [3.8, 4) is 5.75 Å². The van der Waals surface area contributed by atoms with Gasteiger partial charge in [-0.05, 0) is 61.4 Å². The van der Waals surface area contributed by atoms with E-state index in [9.17, 15) is 9.59 Å². The average Bonchev–Trinajstić information content (AvgIpc) is 2.70. The fraction of sp³-hybridized carbons (Fsp3) is 0.130. The maximum absolute atomic E-state index is 12.6. The van der Waals surface area contributed by atoms with Crippen LogP contribution in [0.4, 0.5) is 11.4 Å². The lowest BCUT2D eigenvalue weighted by atomic mass is 10.1. The number of amides is 2. The average molecular weight is 374 g/mol. The van der Waals surface area contributed by atoms with Crippen LogP contribution in [0.25, 0.3) is 0 Å². The van der Waals surface area contributed by atoms with E-state index >= 15 is 0 Å². The molecule has 0 aliphatic heterocycles. The first-order valence-electron chi connectivity index (χ1n) is 8.98. The minimum absolute atomic E-state index is 0.142. The van der Waals surface area contributed by atoms with Crippen LogP contribution in [0.2, 0.25) is 0 Å². The minimum atomic E-state index is -0.335. The molecule has 0 spiro atoms. The Kier molecular flexibility index (Phi) is 6.07. The Morgan fingerprint density at radius 2 is 1.54 bits per heavy atom. The van der Waals surface area contributed by atoms with E-state index in [-0.39, 0.29) is 18.4 Å². The lowest BCUT2D eigenvalue weighted by Gasteiger charge is -2.12. The molecule has 142 valence electrons. The summed E-state index contributed by atoms with van der Waals surface area (Å²) in [6.07, 6.45) is 0. The molecule has 0 aromatic heterocycles. The molecule has 0 fully saturated rings. The highest BCUT2D eigenvalue weighted by Crippen LogP contribution is 2.19. The van der Waals surface area contributed by atoms with Gasteiger partial charge < -0.3 is 15.4 Å². The Bertz CT molecular complexity index is 984. The Morgan fingerprint density at radius 3 is 2.29 bits per heavy atom. The van der Waals surface area contributed by atoms with Crippen molar-refractivity contribution in [2.24, 2.45) is 0 Å². The summed E-state index contributed by atoms with van der Waals surface area (Å²) in [5.41, 5.74) is 3.76. The molecule has 0 atom stereocenters. The van der Waals surface area contributed by atoms with Crippen molar-refractivity contribution in [2.45, 2.75) is 13.8 Å². The molecule has 0 heterocycles. The maximum Gasteiger partial charge on any atom is 0.262 e. The van der Waals surface area contributed by atoms with E-state index in [0.717, 1.165) is 11.1 Å². The van der Waals surface area contributed by atoms with Gasteiger partial charge in [-0.3, -0.25) is 9.59 Å². The van der Waals surface area contributed by atoms with E-state index in [1.807, 2.05) is 50.2 Å². The van der Waals surface area contributed by atoms with Crippen LogP contribution in [-0.4, -0.2) is 18.4 Å². The number of ether oxygens (including phenoxy) is 1. The number of nitrogens with one attached hydrogen (secondary N) is 2. The van der Waals surface area contributed by atoms with Crippen molar-refractivity contribution in [3.05, 3.63) is 89.5 Å². The van der Waals surface area contributed by atoms with Gasteiger partial charge in [-0.15, -0.1) is 0 Å². The number of hydrogen-bond acceptors (Lipinski definition) is 3. The Morgan fingerprint density at radius 1 is 0.821 bits per heavy atom. The summed E-state index contributed by atoms with van der Waals surface area (Å²) in [6, 6.07) is 21.7. The van der Waals surface area contributed by atoms with Gasteiger partial charge in [0.15, 0.2) is 6.61 Å². The van der Waals surface area contributed by atoms with Crippen LogP contribution in [-0.2, 0) is 4.79 Å². The van der Waals surface area contributed by atoms with E-state index in [1.54, 1.807) is 36.4 Å². The summed E-state index contributed by atoms with van der Waals surface area (Å²) in [4.78, 5) is 24.9. The second kappa shape index (κ2) is 8.86. The van der Waals surface area contributed by atoms with Crippen LogP contribution in [0, 0.1) is 13.8 Å². The highest BCUT2D eigenvalue weighted by molar-refractivity contribution is 6.10. The third-order valence-electron chi connectivity index (χ3n) is 4.33. The zero-order valence-electron chi connectivity index (χ0n) is 15.9. The van der Waals surface area contributed by atoms with Crippen LogP contribution in [0.1, 0.15) is 21.5 Å². The molecule has 5 nitrogen and oxygen atoms in total. The normalized spacial score (nSPS) is 10.2. The van der Waals surface area contributed by atoms with Gasteiger partial charge in [0.05, 0.1) is 11.3 Å². The summed E-state index contributed by atoms with van der Waals surface area (Å²) >= 11 is 0. The molecule has 0 unspecified atom stereocenters. The van der Waals surface area contributed by atoms with Crippen molar-refractivity contribution in [1.82, 2.24) is 0 Å². The molecular weight excluding hydrogens is 352 g/mol. The van der Waals surface area contributed by atoms with E-state index in [4.69, 9.17) is 4.74 Å². The number of rotatable bonds is 6. The third-order valence-corrected chi connectivity index (χ3v) is 4.33. The molecule has 2 amide bonds. The first kappa shape index (κ1) is 19.2. The largest absolute Gasteiger partial charge is 0.484 e. The Balaban J connectivity index is 1.64. The molecule has 0 aliphatic carbocycles. The summed E-state index contributed by atoms with van der Waals surface area (Å²) in [5, 5.41) is 5.57. The highest BCUT2D eigenvalue weighted by atomic mass is 16.5. The zero-order chi connectivity index (χ0) is 19.9. The molecule has 0 radical (unpaired) electrons. The third kappa shape index (κ3) is 4.98. The number of carbonyl (C=O) groups excluding carboxylic acids is 2. The van der Waals surface area contributed by atoms with E-state index in [2.05, 4.69) is 10.6 Å². The number of aryl methyl sites for hydroxylation is 2. The van der Waals surface area contributed by atoms with Crippen LogP contribution >= 0.6 is 0 Å². The number of benzene rings is 3. The van der Waals surface area contributed by atoms with Crippen molar-refractivity contribution >= 4 is 23.2 Å². The first-order valence-corrected chi connectivity index (χ1v) is 8.98. The zero-order valence-corrected chi connectivity index (χ0v) is 15.9. The number of anilines is 2. The smallest absolute Gasteiger partial charge is 0.262 e. The lowest BCUT2D eigenvalue weighted by molar-refractivity contribution is -0.118. The fourth-order valence-corrected chi connectivity index (χ4v) is 2.65. The van der Waals surface area contributed by atoms with Crippen LogP contribution in [0.15, 0.2) is 72.8 Å². The van der Waals surface area contributed by atoms with Gasteiger partial charge in [0.1, 0.15) is 5.75 Å². The van der Waals surface area contributed by atoms with Gasteiger partial charge in [-0.2, -0.15) is 0 Å². The van der Waals surface area contributed by atoms with Crippen LogP contribution in [0.3, 0.4) is 0 Å². The van der Waals surface area contributed by atoms with Gasteiger partial charge in [0.2, 0.25) is 0 Å². The maximum atomic E-state index is 12.6. The van der Waals surface area contributed by atoms with Crippen molar-refractivity contribution < 1.29 is 14.3 Å². The molecule has 2 N–H and O–H groups in total. The number of hydrogen-bond donors (Lipinski definition) is 2. The Labute approximate surface area is 164 Å². The lowest BCUT2D eigenvalue weighted by Crippen LogP contribution is -2.22. The molecule has 0 saturated heterocycles. The number of carbonyl (C=O) groups is 2. The van der Waals surface area contributed by atoms with Crippen molar-refractivity contribution in [2.75, 3.05) is 17.2 Å². The van der Waals surface area contributed by atoms with Crippen molar-refractivity contribution in [1.29, 1.82) is 0 Å². The Hall–Kier alpha value is -3.60. The van der Waals surface area contributed by atoms with Crippen molar-refractivity contribution in [3.63, 3.8) is 0 Å². The molecule has 28 heavy (non-hydrogen) atoms. The number of para-hydroxylation sites is 2. The summed E-state index contributed by atoms with van der Waals surface area (Å²) < 4.78 is 5.56. The first-order chi connectivity index (χ1) is 13.5. The summed E-state index contributed by atoms with van der Waals surface area (Å²) in [6.45, 7) is 3.87. The van der Waals surface area contributed by atoms with Gasteiger partial charge in [0, 0.05) is 5.69 Å². The van der Waals surface area contributed by atoms with E-state index in [0.29, 0.717) is 22.7 Å². The van der Waals surface area contributed by atoms with E-state index in [1.165, 1.54) is 0 Å².